The molecule has 0 aromatic heterocycles. The van der Waals surface area contributed by atoms with Gasteiger partial charge in [0.05, 0.1) is 6.61 Å². The molecule has 1 N–H and O–H groups in total. The molecule has 2 fully saturated rings. The first-order valence-electron chi connectivity index (χ1n) is 6.84. The Kier molecular flexibility index (Phi) is 3.07. The van der Waals surface area contributed by atoms with Crippen LogP contribution in [0.3, 0.4) is 0 Å². The number of rotatable bonds is 1. The first kappa shape index (κ1) is 12.6. The van der Waals surface area contributed by atoms with Gasteiger partial charge in [-0.2, -0.15) is 0 Å². The highest BCUT2D eigenvalue weighted by Crippen LogP contribution is 2.33. The van der Waals surface area contributed by atoms with Crippen LogP contribution in [0.25, 0.3) is 0 Å². The zero-order valence-corrected chi connectivity index (χ0v) is 11.5. The van der Waals surface area contributed by atoms with Gasteiger partial charge in [-0.05, 0) is 43.5 Å². The van der Waals surface area contributed by atoms with E-state index in [1.165, 1.54) is 11.1 Å². The second-order valence-electron chi connectivity index (χ2n) is 5.48. The van der Waals surface area contributed by atoms with Gasteiger partial charge in [-0.25, -0.2) is 0 Å². The van der Waals surface area contributed by atoms with Crippen molar-refractivity contribution in [2.75, 3.05) is 26.3 Å². The second kappa shape index (κ2) is 4.62. The number of carbonyl (C=O) groups excluding carboxylic acids is 1. The van der Waals surface area contributed by atoms with E-state index in [0.717, 1.165) is 25.1 Å². The molecule has 19 heavy (non-hydrogen) atoms. The average molecular weight is 260 g/mol. The number of fused-ring (bicyclic) bond motifs is 1. The maximum Gasteiger partial charge on any atom is 0.250 e. The van der Waals surface area contributed by atoms with Gasteiger partial charge < -0.3 is 9.64 Å². The summed E-state index contributed by atoms with van der Waals surface area (Å²) in [6.07, 6.45) is 0.998. The van der Waals surface area contributed by atoms with Crippen molar-refractivity contribution in [1.82, 2.24) is 10.2 Å². The molecule has 1 atom stereocenters. The molecule has 2 aliphatic heterocycles. The number of nitrogens with one attached hydrogen (secondary N) is 1. The Balaban J connectivity index is 2.06. The van der Waals surface area contributed by atoms with Crippen molar-refractivity contribution < 1.29 is 9.53 Å². The molecule has 2 heterocycles. The Morgan fingerprint density at radius 3 is 2.95 bits per heavy atom. The highest BCUT2D eigenvalue weighted by Gasteiger charge is 2.46. The lowest BCUT2D eigenvalue weighted by molar-refractivity contribution is -0.167. The number of carbonyl (C=O) groups is 1. The van der Waals surface area contributed by atoms with Gasteiger partial charge in [-0.15, -0.1) is 0 Å². The van der Waals surface area contributed by atoms with Crippen molar-refractivity contribution in [3.8, 4) is 0 Å². The van der Waals surface area contributed by atoms with E-state index in [1.807, 2.05) is 4.90 Å². The summed E-state index contributed by atoms with van der Waals surface area (Å²) >= 11 is 0. The summed E-state index contributed by atoms with van der Waals surface area (Å²) in [4.78, 5) is 14.1. The zero-order chi connectivity index (χ0) is 13.5. The molecular weight excluding hydrogens is 240 g/mol. The molecule has 1 amide bonds. The third-order valence-corrected chi connectivity index (χ3v) is 4.26. The van der Waals surface area contributed by atoms with Crippen LogP contribution in [0.2, 0.25) is 0 Å². The lowest BCUT2D eigenvalue weighted by Gasteiger charge is -2.50. The number of ether oxygens (including phenoxy) is 1. The Hall–Kier alpha value is -1.39. The van der Waals surface area contributed by atoms with E-state index in [-0.39, 0.29) is 12.5 Å². The molecule has 2 saturated heterocycles. The molecular formula is C15H20N2O2. The van der Waals surface area contributed by atoms with E-state index in [9.17, 15) is 4.79 Å². The summed E-state index contributed by atoms with van der Waals surface area (Å²) < 4.78 is 5.53. The first-order valence-corrected chi connectivity index (χ1v) is 6.84. The number of hydrogen-bond acceptors (Lipinski definition) is 3. The summed E-state index contributed by atoms with van der Waals surface area (Å²) in [6.45, 7) is 6.66. The van der Waals surface area contributed by atoms with Gasteiger partial charge in [0.15, 0.2) is 0 Å². The predicted molar refractivity (Wildman–Crippen MR) is 72.7 cm³/mol. The molecule has 4 nitrogen and oxygen atoms in total. The van der Waals surface area contributed by atoms with E-state index in [0.29, 0.717) is 6.61 Å². The fourth-order valence-electron chi connectivity index (χ4n) is 2.99. The van der Waals surface area contributed by atoms with Crippen LogP contribution in [-0.4, -0.2) is 37.1 Å². The number of morpholine rings is 1. The van der Waals surface area contributed by atoms with E-state index in [1.54, 1.807) is 0 Å². The van der Waals surface area contributed by atoms with Gasteiger partial charge in [0, 0.05) is 6.54 Å². The summed E-state index contributed by atoms with van der Waals surface area (Å²) in [5.74, 6) is 0.0803. The number of amides is 1. The Morgan fingerprint density at radius 2 is 2.16 bits per heavy atom. The number of hydrogen-bond donors (Lipinski definition) is 1. The van der Waals surface area contributed by atoms with Crippen LogP contribution in [0.5, 0.6) is 0 Å². The number of aryl methyl sites for hydroxylation is 2. The monoisotopic (exact) mass is 260 g/mol. The topological polar surface area (TPSA) is 41.6 Å². The number of nitrogens with zero attached hydrogens (tertiary/aromatic N) is 1. The largest absolute Gasteiger partial charge is 0.367 e. The van der Waals surface area contributed by atoms with Crippen LogP contribution in [-0.2, 0) is 15.2 Å². The van der Waals surface area contributed by atoms with Crippen molar-refractivity contribution in [3.05, 3.63) is 34.9 Å². The minimum absolute atomic E-state index is 0.0803. The van der Waals surface area contributed by atoms with Crippen LogP contribution in [0, 0.1) is 13.8 Å². The standard InChI is InChI=1S/C15H20N2O2/c1-11-4-5-13(8-12(11)2)15-10-19-9-14(18)17(15)7-3-6-16-15/h4-5,8,16H,3,6-7,9-10H2,1-2H3. The van der Waals surface area contributed by atoms with E-state index < -0.39 is 5.66 Å². The minimum atomic E-state index is -0.466. The van der Waals surface area contributed by atoms with Crippen molar-refractivity contribution in [3.63, 3.8) is 0 Å². The highest BCUT2D eigenvalue weighted by molar-refractivity contribution is 5.79. The fraction of sp³-hybridized carbons (Fsp3) is 0.533. The Labute approximate surface area is 113 Å². The number of benzene rings is 1. The third kappa shape index (κ3) is 1.95. The van der Waals surface area contributed by atoms with E-state index in [4.69, 9.17) is 4.74 Å². The lowest BCUT2D eigenvalue weighted by atomic mass is 9.91. The highest BCUT2D eigenvalue weighted by atomic mass is 16.5. The smallest absolute Gasteiger partial charge is 0.250 e. The molecule has 1 unspecified atom stereocenters. The van der Waals surface area contributed by atoms with E-state index >= 15 is 0 Å². The predicted octanol–water partition coefficient (Wildman–Crippen LogP) is 1.31. The molecule has 4 heteroatoms. The summed E-state index contributed by atoms with van der Waals surface area (Å²) in [7, 11) is 0. The summed E-state index contributed by atoms with van der Waals surface area (Å²) in [5, 5.41) is 3.51. The molecule has 0 radical (unpaired) electrons. The van der Waals surface area contributed by atoms with Gasteiger partial charge in [0.25, 0.3) is 0 Å². The van der Waals surface area contributed by atoms with Crippen LogP contribution in [0.4, 0.5) is 0 Å². The average Bonchev–Trinajstić information content (AvgIpc) is 2.42. The second-order valence-corrected chi connectivity index (χ2v) is 5.48. The van der Waals surface area contributed by atoms with Gasteiger partial charge in [-0.1, -0.05) is 18.2 Å². The minimum Gasteiger partial charge on any atom is -0.367 e. The fourth-order valence-corrected chi connectivity index (χ4v) is 2.99. The molecule has 102 valence electrons. The zero-order valence-electron chi connectivity index (χ0n) is 11.5. The van der Waals surface area contributed by atoms with Crippen LogP contribution in [0.15, 0.2) is 18.2 Å². The van der Waals surface area contributed by atoms with Crippen molar-refractivity contribution in [1.29, 1.82) is 0 Å². The molecule has 0 aliphatic carbocycles. The van der Waals surface area contributed by atoms with Gasteiger partial charge in [0.1, 0.15) is 12.3 Å². The SMILES string of the molecule is Cc1ccc(C23COCC(=O)N2CCCN3)cc1C. The Bertz CT molecular complexity index is 511. The Morgan fingerprint density at radius 1 is 1.32 bits per heavy atom. The van der Waals surface area contributed by atoms with Crippen molar-refractivity contribution in [2.45, 2.75) is 25.9 Å². The van der Waals surface area contributed by atoms with Crippen LogP contribution in [0.1, 0.15) is 23.1 Å². The van der Waals surface area contributed by atoms with Crippen LogP contribution < -0.4 is 5.32 Å². The van der Waals surface area contributed by atoms with Gasteiger partial charge >= 0.3 is 0 Å². The summed E-state index contributed by atoms with van der Waals surface area (Å²) in [5.41, 5.74) is 3.18. The van der Waals surface area contributed by atoms with Crippen molar-refractivity contribution >= 4 is 5.91 Å². The third-order valence-electron chi connectivity index (χ3n) is 4.26. The molecule has 3 rings (SSSR count). The molecule has 0 spiro atoms. The quantitative estimate of drug-likeness (QED) is 0.827. The maximum absolute atomic E-state index is 12.1. The molecule has 1 aromatic carbocycles. The van der Waals surface area contributed by atoms with Crippen molar-refractivity contribution in [2.24, 2.45) is 0 Å². The van der Waals surface area contributed by atoms with E-state index in [2.05, 4.69) is 37.4 Å². The summed E-state index contributed by atoms with van der Waals surface area (Å²) in [6, 6.07) is 6.39. The first-order chi connectivity index (χ1) is 9.13. The van der Waals surface area contributed by atoms with Gasteiger partial charge in [-0.3, -0.25) is 10.1 Å². The molecule has 1 aromatic rings. The normalized spacial score (nSPS) is 27.3. The molecule has 2 aliphatic rings. The molecule has 0 saturated carbocycles. The maximum atomic E-state index is 12.1. The molecule has 0 bridgehead atoms. The van der Waals surface area contributed by atoms with Crippen LogP contribution >= 0.6 is 0 Å². The lowest BCUT2D eigenvalue weighted by Crippen LogP contribution is -2.67. The van der Waals surface area contributed by atoms with Gasteiger partial charge in [0.2, 0.25) is 5.91 Å².